The number of nitrogens with zero attached hydrogens (tertiary/aromatic N) is 1. The molecule has 1 rings (SSSR count). The minimum Gasteiger partial charge on any atom is -0.399 e. The van der Waals surface area contributed by atoms with Gasteiger partial charge >= 0.3 is 0 Å². The van der Waals surface area contributed by atoms with Gasteiger partial charge in [0.15, 0.2) is 0 Å². The summed E-state index contributed by atoms with van der Waals surface area (Å²) in [7, 11) is 0. The fourth-order valence-electron chi connectivity index (χ4n) is 0.691. The number of hydrogen-bond donors (Lipinski definition) is 1. The van der Waals surface area contributed by atoms with Crippen LogP contribution in [0.5, 0.6) is 0 Å². The van der Waals surface area contributed by atoms with Crippen molar-refractivity contribution in [1.82, 2.24) is 0 Å². The Morgan fingerprint density at radius 2 is 2.00 bits per heavy atom. The van der Waals surface area contributed by atoms with Gasteiger partial charge in [0.05, 0.1) is 0 Å². The fourth-order valence-corrected chi connectivity index (χ4v) is 1.27. The number of nitrogen functional groups attached to an aromatic ring is 1. The van der Waals surface area contributed by atoms with Gasteiger partial charge in [-0.1, -0.05) is 11.8 Å². The Bertz CT molecular complexity index is 273. The van der Waals surface area contributed by atoms with E-state index in [1.165, 1.54) is 11.8 Å². The van der Waals surface area contributed by atoms with Gasteiger partial charge < -0.3 is 5.73 Å². The van der Waals surface area contributed by atoms with E-state index in [2.05, 4.69) is 0 Å². The molecule has 2 N–H and O–H groups in total. The molecule has 0 saturated carbocycles. The lowest BCUT2D eigenvalue weighted by atomic mass is 10.3. The van der Waals surface area contributed by atoms with E-state index < -0.39 is 0 Å². The van der Waals surface area contributed by atoms with E-state index in [9.17, 15) is 10.1 Å². The van der Waals surface area contributed by atoms with Crippen LogP contribution in [-0.2, 0) is 0 Å². The second kappa shape index (κ2) is 3.96. The average molecular weight is 184 g/mol. The van der Waals surface area contributed by atoms with E-state index in [1.54, 1.807) is 24.3 Å². The van der Waals surface area contributed by atoms with Crippen molar-refractivity contribution in [1.29, 1.82) is 0 Å². The second-order valence-electron chi connectivity index (χ2n) is 2.18. The summed E-state index contributed by atoms with van der Waals surface area (Å²) in [6, 6.07) is 6.98. The van der Waals surface area contributed by atoms with Gasteiger partial charge in [-0.15, -0.1) is 0 Å². The van der Waals surface area contributed by atoms with Crippen molar-refractivity contribution >= 4 is 17.4 Å². The van der Waals surface area contributed by atoms with Crippen LogP contribution >= 0.6 is 11.8 Å². The lowest BCUT2D eigenvalue weighted by Gasteiger charge is -1.96. The molecule has 0 atom stereocenters. The van der Waals surface area contributed by atoms with Gasteiger partial charge in [0.25, 0.3) is 5.88 Å². The highest BCUT2D eigenvalue weighted by Gasteiger charge is 1.98. The molecule has 0 unspecified atom stereocenters. The molecule has 0 aliphatic rings. The molecule has 0 saturated heterocycles. The average Bonchev–Trinajstić information content (AvgIpc) is 2.03. The van der Waals surface area contributed by atoms with E-state index >= 15 is 0 Å². The molecule has 1 aromatic rings. The number of hydrogen-bond acceptors (Lipinski definition) is 4. The molecule has 0 spiro atoms. The zero-order valence-electron chi connectivity index (χ0n) is 6.27. The van der Waals surface area contributed by atoms with Gasteiger partial charge in [-0.3, -0.25) is 10.1 Å². The Morgan fingerprint density at radius 3 is 2.50 bits per heavy atom. The summed E-state index contributed by atoms with van der Waals surface area (Å²) >= 11 is 1.18. The van der Waals surface area contributed by atoms with Crippen LogP contribution in [0.4, 0.5) is 5.69 Å². The summed E-state index contributed by atoms with van der Waals surface area (Å²) in [5, 5.41) is 10.00. The minimum atomic E-state index is -0.360. The van der Waals surface area contributed by atoms with E-state index in [-0.39, 0.29) is 10.8 Å². The van der Waals surface area contributed by atoms with Crippen molar-refractivity contribution in [3.8, 4) is 0 Å². The maximum absolute atomic E-state index is 10.00. The molecule has 0 fully saturated rings. The molecule has 1 aromatic carbocycles. The molecule has 0 heterocycles. The van der Waals surface area contributed by atoms with Crippen LogP contribution in [0.2, 0.25) is 0 Å². The van der Waals surface area contributed by atoms with Gasteiger partial charge in [-0.25, -0.2) is 0 Å². The van der Waals surface area contributed by atoms with Crippen molar-refractivity contribution in [3.05, 3.63) is 34.4 Å². The molecule has 5 heteroatoms. The monoisotopic (exact) mass is 184 g/mol. The molecule has 0 aromatic heterocycles. The summed E-state index contributed by atoms with van der Waals surface area (Å²) in [4.78, 5) is 10.5. The smallest absolute Gasteiger partial charge is 0.253 e. The topological polar surface area (TPSA) is 69.2 Å². The zero-order valence-corrected chi connectivity index (χ0v) is 7.08. The third-order valence-electron chi connectivity index (χ3n) is 1.22. The van der Waals surface area contributed by atoms with E-state index in [0.29, 0.717) is 5.69 Å². The predicted molar refractivity (Wildman–Crippen MR) is 48.6 cm³/mol. The predicted octanol–water partition coefficient (Wildman–Crippen LogP) is 1.60. The molecule has 0 amide bonds. The van der Waals surface area contributed by atoms with Crippen LogP contribution < -0.4 is 5.73 Å². The number of nitrogens with two attached hydrogens (primary N) is 1. The Balaban J connectivity index is 2.53. The van der Waals surface area contributed by atoms with Crippen molar-refractivity contribution in [2.45, 2.75) is 4.90 Å². The van der Waals surface area contributed by atoms with Gasteiger partial charge in [0.2, 0.25) is 0 Å². The Hall–Kier alpha value is -1.23. The van der Waals surface area contributed by atoms with Gasteiger partial charge in [-0.05, 0) is 24.3 Å². The quantitative estimate of drug-likeness (QED) is 0.254. The maximum atomic E-state index is 10.00. The SMILES string of the molecule is Nc1ccc(SC[N+](=O)[O-])cc1. The lowest BCUT2D eigenvalue weighted by molar-refractivity contribution is -0.456. The molecule has 0 radical (unpaired) electrons. The van der Waals surface area contributed by atoms with Gasteiger partial charge in [0, 0.05) is 15.5 Å². The normalized spacial score (nSPS) is 9.67. The van der Waals surface area contributed by atoms with Crippen molar-refractivity contribution in [2.24, 2.45) is 0 Å². The third kappa shape index (κ3) is 2.79. The van der Waals surface area contributed by atoms with E-state index in [1.807, 2.05) is 0 Å². The lowest BCUT2D eigenvalue weighted by Crippen LogP contribution is -1.94. The standard InChI is InChI=1S/C7H8N2O2S/c8-6-1-3-7(4-2-6)12-5-9(10)11/h1-4H,5,8H2. The number of nitro groups is 1. The highest BCUT2D eigenvalue weighted by Crippen LogP contribution is 2.18. The summed E-state index contributed by atoms with van der Waals surface area (Å²) in [6.07, 6.45) is 0. The van der Waals surface area contributed by atoms with Crippen molar-refractivity contribution in [2.75, 3.05) is 11.6 Å². The molecular weight excluding hydrogens is 176 g/mol. The maximum Gasteiger partial charge on any atom is 0.253 e. The molecule has 0 aliphatic carbocycles. The summed E-state index contributed by atoms with van der Waals surface area (Å²) < 4.78 is 0. The van der Waals surface area contributed by atoms with Crippen LogP contribution in [0, 0.1) is 10.1 Å². The van der Waals surface area contributed by atoms with E-state index in [0.717, 1.165) is 4.90 Å². The zero-order chi connectivity index (χ0) is 8.97. The number of anilines is 1. The van der Waals surface area contributed by atoms with Crippen LogP contribution in [0.1, 0.15) is 0 Å². The van der Waals surface area contributed by atoms with Crippen LogP contribution in [0.15, 0.2) is 29.2 Å². The minimum absolute atomic E-state index is 0.107. The molecule has 12 heavy (non-hydrogen) atoms. The Kier molecular flexibility index (Phi) is 2.93. The third-order valence-corrected chi connectivity index (χ3v) is 2.16. The van der Waals surface area contributed by atoms with Crippen molar-refractivity contribution < 1.29 is 4.92 Å². The molecule has 0 bridgehead atoms. The summed E-state index contributed by atoms with van der Waals surface area (Å²) in [5.41, 5.74) is 6.11. The van der Waals surface area contributed by atoms with Crippen LogP contribution in [-0.4, -0.2) is 10.8 Å². The van der Waals surface area contributed by atoms with E-state index in [4.69, 9.17) is 5.73 Å². The van der Waals surface area contributed by atoms with Gasteiger partial charge in [-0.2, -0.15) is 0 Å². The number of thioether (sulfide) groups is 1. The second-order valence-corrected chi connectivity index (χ2v) is 3.19. The largest absolute Gasteiger partial charge is 0.399 e. The first-order valence-electron chi connectivity index (χ1n) is 3.28. The highest BCUT2D eigenvalue weighted by molar-refractivity contribution is 7.99. The molecule has 0 aliphatic heterocycles. The van der Waals surface area contributed by atoms with Crippen molar-refractivity contribution in [3.63, 3.8) is 0 Å². The Labute approximate surface area is 73.9 Å². The first kappa shape index (κ1) is 8.86. The number of rotatable bonds is 3. The first-order valence-corrected chi connectivity index (χ1v) is 4.27. The van der Waals surface area contributed by atoms with Crippen LogP contribution in [0.3, 0.4) is 0 Å². The fraction of sp³-hybridized carbons (Fsp3) is 0.143. The molecule has 4 nitrogen and oxygen atoms in total. The Morgan fingerprint density at radius 1 is 1.42 bits per heavy atom. The first-order chi connectivity index (χ1) is 5.68. The number of benzene rings is 1. The van der Waals surface area contributed by atoms with Crippen LogP contribution in [0.25, 0.3) is 0 Å². The summed E-state index contributed by atoms with van der Waals surface area (Å²) in [6.45, 7) is 0. The molecular formula is C7H8N2O2S. The molecule has 64 valence electrons. The van der Waals surface area contributed by atoms with Gasteiger partial charge in [0.1, 0.15) is 0 Å². The summed E-state index contributed by atoms with van der Waals surface area (Å²) in [5.74, 6) is -0.107. The highest BCUT2D eigenvalue weighted by atomic mass is 32.2.